The molecule has 1 aromatic rings. The number of carbonyl (C=O) groups excluding carboxylic acids is 1. The number of β-amino-alcohol motifs (C(OH)–C–C–N with tert-alkyl or cyclic N) is 1. The molecule has 0 radical (unpaired) electrons. The molecule has 1 heterocycles. The quantitative estimate of drug-likeness (QED) is 0.786. The average molecular weight is 309 g/mol. The van der Waals surface area contributed by atoms with Gasteiger partial charge in [-0.1, -0.05) is 0 Å². The van der Waals surface area contributed by atoms with E-state index in [-0.39, 0.29) is 24.1 Å². The van der Waals surface area contributed by atoms with Gasteiger partial charge in [-0.2, -0.15) is 8.78 Å². The first kappa shape index (κ1) is 16.6. The van der Waals surface area contributed by atoms with Gasteiger partial charge in [0.2, 0.25) is 5.91 Å². The standard InChI is InChI=1S/C12H14F2N2O3.ClH/c13-12(14)19-9-3-1-7(2-4-9)16-11(18)10-5-8(17)6-15-10;/h1-4,8,10,12,15,17H,5-6H2,(H,16,18);1H. The van der Waals surface area contributed by atoms with Crippen LogP contribution in [0.1, 0.15) is 6.42 Å². The van der Waals surface area contributed by atoms with Crippen LogP contribution in [0.25, 0.3) is 0 Å². The molecule has 0 aromatic heterocycles. The Hall–Kier alpha value is -1.44. The lowest BCUT2D eigenvalue weighted by Gasteiger charge is -2.11. The van der Waals surface area contributed by atoms with Crippen LogP contribution in [0, 0.1) is 0 Å². The van der Waals surface area contributed by atoms with Crippen LogP contribution in [-0.4, -0.2) is 36.3 Å². The van der Waals surface area contributed by atoms with E-state index in [0.29, 0.717) is 18.7 Å². The van der Waals surface area contributed by atoms with Crippen LogP contribution < -0.4 is 15.4 Å². The Morgan fingerprint density at radius 1 is 1.40 bits per heavy atom. The van der Waals surface area contributed by atoms with E-state index in [2.05, 4.69) is 15.4 Å². The van der Waals surface area contributed by atoms with Crippen LogP contribution in [0.2, 0.25) is 0 Å². The smallest absolute Gasteiger partial charge is 0.387 e. The van der Waals surface area contributed by atoms with Crippen molar-refractivity contribution < 1.29 is 23.4 Å². The van der Waals surface area contributed by atoms with Crippen LogP contribution in [0.4, 0.5) is 14.5 Å². The molecular formula is C12H15ClF2N2O3. The molecule has 1 amide bonds. The third-order valence-electron chi connectivity index (χ3n) is 2.77. The fourth-order valence-corrected chi connectivity index (χ4v) is 1.87. The Labute approximate surface area is 120 Å². The van der Waals surface area contributed by atoms with E-state index in [1.165, 1.54) is 24.3 Å². The van der Waals surface area contributed by atoms with E-state index in [9.17, 15) is 18.7 Å². The Kier molecular flexibility index (Phi) is 6.12. The monoisotopic (exact) mass is 308 g/mol. The van der Waals surface area contributed by atoms with Gasteiger partial charge in [-0.05, 0) is 30.7 Å². The van der Waals surface area contributed by atoms with Gasteiger partial charge in [0, 0.05) is 12.2 Å². The maximum absolute atomic E-state index is 11.9. The molecule has 0 spiro atoms. The molecular weight excluding hydrogens is 294 g/mol. The fourth-order valence-electron chi connectivity index (χ4n) is 1.87. The van der Waals surface area contributed by atoms with Crippen molar-refractivity contribution in [1.82, 2.24) is 5.32 Å². The summed E-state index contributed by atoms with van der Waals surface area (Å²) in [6.07, 6.45) is -0.157. The highest BCUT2D eigenvalue weighted by Gasteiger charge is 2.27. The number of aliphatic hydroxyl groups excluding tert-OH is 1. The van der Waals surface area contributed by atoms with Crippen molar-refractivity contribution in [3.8, 4) is 5.75 Å². The summed E-state index contributed by atoms with van der Waals surface area (Å²) in [4.78, 5) is 11.8. The van der Waals surface area contributed by atoms with E-state index in [1.807, 2.05) is 0 Å². The zero-order valence-corrected chi connectivity index (χ0v) is 11.2. The first-order valence-electron chi connectivity index (χ1n) is 5.82. The molecule has 1 fully saturated rings. The highest BCUT2D eigenvalue weighted by atomic mass is 35.5. The molecule has 1 aliphatic heterocycles. The van der Waals surface area contributed by atoms with Crippen molar-refractivity contribution in [2.45, 2.75) is 25.2 Å². The summed E-state index contributed by atoms with van der Waals surface area (Å²) in [5, 5.41) is 14.8. The molecule has 5 nitrogen and oxygen atoms in total. The van der Waals surface area contributed by atoms with Gasteiger partial charge < -0.3 is 20.5 Å². The molecule has 1 saturated heterocycles. The van der Waals surface area contributed by atoms with Gasteiger partial charge >= 0.3 is 6.61 Å². The Morgan fingerprint density at radius 2 is 2.05 bits per heavy atom. The third kappa shape index (κ3) is 4.59. The predicted octanol–water partition coefficient (Wildman–Crippen LogP) is 1.37. The Bertz CT molecular complexity index is 445. The molecule has 1 aromatic carbocycles. The molecule has 0 bridgehead atoms. The Balaban J connectivity index is 0.00000200. The minimum Gasteiger partial charge on any atom is -0.435 e. The number of anilines is 1. The van der Waals surface area contributed by atoms with Gasteiger partial charge in [0.25, 0.3) is 0 Å². The topological polar surface area (TPSA) is 70.6 Å². The highest BCUT2D eigenvalue weighted by Crippen LogP contribution is 2.18. The predicted molar refractivity (Wildman–Crippen MR) is 71.4 cm³/mol. The minimum absolute atomic E-state index is 0. The number of rotatable bonds is 4. The lowest BCUT2D eigenvalue weighted by Crippen LogP contribution is -2.35. The zero-order valence-electron chi connectivity index (χ0n) is 10.4. The summed E-state index contributed by atoms with van der Waals surface area (Å²) in [7, 11) is 0. The van der Waals surface area contributed by atoms with Gasteiger partial charge in [-0.3, -0.25) is 4.79 Å². The number of ether oxygens (including phenoxy) is 1. The summed E-state index contributed by atoms with van der Waals surface area (Å²) >= 11 is 0. The summed E-state index contributed by atoms with van der Waals surface area (Å²) < 4.78 is 28.1. The Morgan fingerprint density at radius 3 is 2.55 bits per heavy atom. The van der Waals surface area contributed by atoms with Gasteiger partial charge in [-0.15, -0.1) is 12.4 Å². The van der Waals surface area contributed by atoms with E-state index >= 15 is 0 Å². The van der Waals surface area contributed by atoms with Crippen molar-refractivity contribution in [3.63, 3.8) is 0 Å². The number of alkyl halides is 2. The summed E-state index contributed by atoms with van der Waals surface area (Å²) in [5.41, 5.74) is 0.481. The van der Waals surface area contributed by atoms with Gasteiger partial charge in [0.05, 0.1) is 12.1 Å². The summed E-state index contributed by atoms with van der Waals surface area (Å²) in [6.45, 7) is -2.48. The molecule has 0 aliphatic carbocycles. The molecule has 112 valence electrons. The third-order valence-corrected chi connectivity index (χ3v) is 2.77. The van der Waals surface area contributed by atoms with Crippen molar-refractivity contribution in [1.29, 1.82) is 0 Å². The number of hydrogen-bond donors (Lipinski definition) is 3. The number of benzene rings is 1. The number of halogens is 3. The number of aliphatic hydroxyl groups is 1. The van der Waals surface area contributed by atoms with Crippen molar-refractivity contribution in [3.05, 3.63) is 24.3 Å². The maximum Gasteiger partial charge on any atom is 0.387 e. The number of carbonyl (C=O) groups is 1. The second kappa shape index (κ2) is 7.37. The van der Waals surface area contributed by atoms with Gasteiger partial charge in [-0.25, -0.2) is 0 Å². The molecule has 3 N–H and O–H groups in total. The van der Waals surface area contributed by atoms with E-state index in [0.717, 1.165) is 0 Å². The molecule has 1 aliphatic rings. The van der Waals surface area contributed by atoms with Crippen molar-refractivity contribution in [2.24, 2.45) is 0 Å². The van der Waals surface area contributed by atoms with Crippen molar-refractivity contribution in [2.75, 3.05) is 11.9 Å². The SMILES string of the molecule is Cl.O=C(Nc1ccc(OC(F)F)cc1)C1CC(O)CN1. The van der Waals surface area contributed by atoms with Crippen LogP contribution in [0.5, 0.6) is 5.75 Å². The fraction of sp³-hybridized carbons (Fsp3) is 0.417. The van der Waals surface area contributed by atoms with E-state index in [1.54, 1.807) is 0 Å². The first-order chi connectivity index (χ1) is 9.04. The summed E-state index contributed by atoms with van der Waals surface area (Å²) in [5.74, 6) is -0.235. The molecule has 0 saturated carbocycles. The summed E-state index contributed by atoms with van der Waals surface area (Å²) in [6, 6.07) is 5.20. The minimum atomic E-state index is -2.87. The zero-order chi connectivity index (χ0) is 13.8. The van der Waals surface area contributed by atoms with Crippen LogP contribution >= 0.6 is 12.4 Å². The van der Waals surface area contributed by atoms with Crippen LogP contribution in [-0.2, 0) is 4.79 Å². The highest BCUT2D eigenvalue weighted by molar-refractivity contribution is 5.95. The molecule has 20 heavy (non-hydrogen) atoms. The second-order valence-electron chi connectivity index (χ2n) is 4.24. The maximum atomic E-state index is 11.9. The van der Waals surface area contributed by atoms with Crippen molar-refractivity contribution >= 4 is 24.0 Å². The number of nitrogens with one attached hydrogen (secondary N) is 2. The van der Waals surface area contributed by atoms with Crippen LogP contribution in [0.15, 0.2) is 24.3 Å². The van der Waals surface area contributed by atoms with E-state index < -0.39 is 18.8 Å². The average Bonchev–Trinajstić information content (AvgIpc) is 2.78. The van der Waals surface area contributed by atoms with Crippen LogP contribution in [0.3, 0.4) is 0 Å². The second-order valence-corrected chi connectivity index (χ2v) is 4.24. The lowest BCUT2D eigenvalue weighted by atomic mass is 10.2. The van der Waals surface area contributed by atoms with Gasteiger partial charge in [0.15, 0.2) is 0 Å². The normalized spacial score (nSPS) is 21.4. The number of hydrogen-bond acceptors (Lipinski definition) is 4. The van der Waals surface area contributed by atoms with Gasteiger partial charge in [0.1, 0.15) is 5.75 Å². The lowest BCUT2D eigenvalue weighted by molar-refractivity contribution is -0.117. The van der Waals surface area contributed by atoms with E-state index in [4.69, 9.17) is 0 Å². The molecule has 2 unspecified atom stereocenters. The first-order valence-corrected chi connectivity index (χ1v) is 5.82. The largest absolute Gasteiger partial charge is 0.435 e. The molecule has 8 heteroatoms. The molecule has 2 atom stereocenters. The number of amides is 1. The molecule has 2 rings (SSSR count).